The second-order valence-corrected chi connectivity index (χ2v) is 4.79. The van der Waals surface area contributed by atoms with Crippen molar-refractivity contribution in [2.24, 2.45) is 0 Å². The molecular weight excluding hydrogens is 240 g/mol. The molecular formula is C13H16N6. The van der Waals surface area contributed by atoms with Crippen LogP contribution in [0.15, 0.2) is 24.7 Å². The van der Waals surface area contributed by atoms with Crippen molar-refractivity contribution in [2.75, 3.05) is 23.7 Å². The zero-order valence-electron chi connectivity index (χ0n) is 10.8. The van der Waals surface area contributed by atoms with Crippen LogP contribution >= 0.6 is 0 Å². The van der Waals surface area contributed by atoms with Crippen LogP contribution in [0, 0.1) is 6.92 Å². The fourth-order valence-electron chi connectivity index (χ4n) is 2.44. The molecule has 6 heteroatoms. The van der Waals surface area contributed by atoms with E-state index in [0.717, 1.165) is 36.7 Å². The van der Waals surface area contributed by atoms with Gasteiger partial charge < -0.3 is 10.6 Å². The first kappa shape index (κ1) is 11.8. The quantitative estimate of drug-likeness (QED) is 0.868. The molecule has 1 fully saturated rings. The summed E-state index contributed by atoms with van der Waals surface area (Å²) in [6, 6.07) is 3.95. The molecule has 0 aromatic carbocycles. The lowest BCUT2D eigenvalue weighted by atomic mass is 10.1. The van der Waals surface area contributed by atoms with Crippen LogP contribution in [0.1, 0.15) is 23.7 Å². The van der Waals surface area contributed by atoms with Gasteiger partial charge in [-0.15, -0.1) is 0 Å². The molecule has 98 valence electrons. The largest absolute Gasteiger partial charge is 0.368 e. The summed E-state index contributed by atoms with van der Waals surface area (Å²) in [5.74, 6) is 1.71. The van der Waals surface area contributed by atoms with Crippen LogP contribution in [0.4, 0.5) is 11.8 Å². The molecule has 0 aliphatic carbocycles. The normalized spacial score (nSPS) is 18.8. The van der Waals surface area contributed by atoms with Gasteiger partial charge in [0.1, 0.15) is 12.1 Å². The Morgan fingerprint density at radius 2 is 2.21 bits per heavy atom. The number of nitrogens with zero attached hydrogens (tertiary/aromatic N) is 5. The number of hydrogen-bond donors (Lipinski definition) is 1. The summed E-state index contributed by atoms with van der Waals surface area (Å²) in [4.78, 5) is 19.0. The third kappa shape index (κ3) is 2.47. The predicted octanol–water partition coefficient (Wildman–Crippen LogP) is 1.15. The average molecular weight is 256 g/mol. The van der Waals surface area contributed by atoms with E-state index < -0.39 is 0 Å². The van der Waals surface area contributed by atoms with E-state index in [-0.39, 0.29) is 0 Å². The number of anilines is 2. The highest BCUT2D eigenvalue weighted by atomic mass is 15.2. The fraction of sp³-hybridized carbons (Fsp3) is 0.385. The van der Waals surface area contributed by atoms with Gasteiger partial charge in [-0.05, 0) is 19.4 Å². The van der Waals surface area contributed by atoms with Crippen LogP contribution in [-0.2, 0) is 0 Å². The molecule has 0 radical (unpaired) electrons. The lowest BCUT2D eigenvalue weighted by Gasteiger charge is -2.17. The SMILES string of the molecule is Cc1cc(N2CC[C@@H](c3ccnc(N)n3)C2)ncn1. The molecule has 2 aromatic heterocycles. The van der Waals surface area contributed by atoms with Gasteiger partial charge in [-0.1, -0.05) is 0 Å². The predicted molar refractivity (Wildman–Crippen MR) is 72.8 cm³/mol. The van der Waals surface area contributed by atoms with E-state index in [2.05, 4.69) is 24.8 Å². The summed E-state index contributed by atoms with van der Waals surface area (Å²) in [7, 11) is 0. The Hall–Kier alpha value is -2.24. The Kier molecular flexibility index (Phi) is 2.98. The van der Waals surface area contributed by atoms with Crippen LogP contribution in [0.5, 0.6) is 0 Å². The number of rotatable bonds is 2. The Morgan fingerprint density at radius 1 is 1.32 bits per heavy atom. The van der Waals surface area contributed by atoms with Crippen molar-refractivity contribution in [1.82, 2.24) is 19.9 Å². The van der Waals surface area contributed by atoms with Gasteiger partial charge in [0.05, 0.1) is 5.69 Å². The summed E-state index contributed by atoms with van der Waals surface area (Å²) < 4.78 is 0. The van der Waals surface area contributed by atoms with Gasteiger partial charge in [-0.2, -0.15) is 0 Å². The summed E-state index contributed by atoms with van der Waals surface area (Å²) in [6.45, 7) is 3.86. The third-order valence-electron chi connectivity index (χ3n) is 3.42. The maximum Gasteiger partial charge on any atom is 0.220 e. The molecule has 2 N–H and O–H groups in total. The Morgan fingerprint density at radius 3 is 3.00 bits per heavy atom. The third-order valence-corrected chi connectivity index (χ3v) is 3.42. The average Bonchev–Trinajstić information content (AvgIpc) is 2.88. The highest BCUT2D eigenvalue weighted by molar-refractivity contribution is 5.41. The lowest BCUT2D eigenvalue weighted by Crippen LogP contribution is -2.20. The van der Waals surface area contributed by atoms with Crippen molar-refractivity contribution < 1.29 is 0 Å². The van der Waals surface area contributed by atoms with Crippen LogP contribution in [0.2, 0.25) is 0 Å². The van der Waals surface area contributed by atoms with Gasteiger partial charge in [0.15, 0.2) is 0 Å². The van der Waals surface area contributed by atoms with E-state index in [9.17, 15) is 0 Å². The van der Waals surface area contributed by atoms with E-state index in [1.54, 1.807) is 12.5 Å². The monoisotopic (exact) mass is 256 g/mol. The minimum atomic E-state index is 0.342. The van der Waals surface area contributed by atoms with Gasteiger partial charge in [-0.25, -0.2) is 19.9 Å². The van der Waals surface area contributed by atoms with E-state index in [1.165, 1.54) is 0 Å². The number of aromatic nitrogens is 4. The van der Waals surface area contributed by atoms with Crippen molar-refractivity contribution in [2.45, 2.75) is 19.3 Å². The molecule has 3 rings (SSSR count). The van der Waals surface area contributed by atoms with Gasteiger partial charge >= 0.3 is 0 Å². The molecule has 19 heavy (non-hydrogen) atoms. The number of aryl methyl sites for hydroxylation is 1. The molecule has 0 spiro atoms. The molecule has 1 aliphatic rings. The number of hydrogen-bond acceptors (Lipinski definition) is 6. The molecule has 1 aliphatic heterocycles. The summed E-state index contributed by atoms with van der Waals surface area (Å²) in [5.41, 5.74) is 7.64. The maximum absolute atomic E-state index is 5.64. The summed E-state index contributed by atoms with van der Waals surface area (Å²) in [5, 5.41) is 0. The lowest BCUT2D eigenvalue weighted by molar-refractivity contribution is 0.741. The molecule has 0 bridgehead atoms. The van der Waals surface area contributed by atoms with Gasteiger partial charge in [0.25, 0.3) is 0 Å². The highest BCUT2D eigenvalue weighted by Gasteiger charge is 2.26. The molecule has 1 atom stereocenters. The van der Waals surface area contributed by atoms with E-state index >= 15 is 0 Å². The van der Waals surface area contributed by atoms with Gasteiger partial charge in [0, 0.05) is 37.0 Å². The van der Waals surface area contributed by atoms with Crippen molar-refractivity contribution in [3.63, 3.8) is 0 Å². The first-order chi connectivity index (χ1) is 9.22. The van der Waals surface area contributed by atoms with Gasteiger partial charge in [0.2, 0.25) is 5.95 Å². The molecule has 1 saturated heterocycles. The zero-order valence-corrected chi connectivity index (χ0v) is 10.8. The van der Waals surface area contributed by atoms with Crippen LogP contribution in [-0.4, -0.2) is 33.0 Å². The molecule has 2 aromatic rings. The van der Waals surface area contributed by atoms with Crippen molar-refractivity contribution in [1.29, 1.82) is 0 Å². The second kappa shape index (κ2) is 4.79. The van der Waals surface area contributed by atoms with Crippen LogP contribution in [0.25, 0.3) is 0 Å². The number of nitrogen functional groups attached to an aromatic ring is 1. The topological polar surface area (TPSA) is 80.8 Å². The molecule has 0 saturated carbocycles. The Balaban J connectivity index is 1.77. The first-order valence-electron chi connectivity index (χ1n) is 6.34. The zero-order chi connectivity index (χ0) is 13.2. The number of nitrogens with two attached hydrogens (primary N) is 1. The van der Waals surface area contributed by atoms with Crippen molar-refractivity contribution >= 4 is 11.8 Å². The van der Waals surface area contributed by atoms with Gasteiger partial charge in [-0.3, -0.25) is 0 Å². The Labute approximate surface area is 111 Å². The minimum Gasteiger partial charge on any atom is -0.368 e. The molecule has 6 nitrogen and oxygen atoms in total. The second-order valence-electron chi connectivity index (χ2n) is 4.79. The van der Waals surface area contributed by atoms with Crippen molar-refractivity contribution in [3.8, 4) is 0 Å². The highest BCUT2D eigenvalue weighted by Crippen LogP contribution is 2.28. The minimum absolute atomic E-state index is 0.342. The summed E-state index contributed by atoms with van der Waals surface area (Å²) >= 11 is 0. The maximum atomic E-state index is 5.64. The fourth-order valence-corrected chi connectivity index (χ4v) is 2.44. The van der Waals surface area contributed by atoms with E-state index in [0.29, 0.717) is 11.9 Å². The smallest absolute Gasteiger partial charge is 0.220 e. The van der Waals surface area contributed by atoms with E-state index in [4.69, 9.17) is 5.73 Å². The molecule has 0 unspecified atom stereocenters. The first-order valence-corrected chi connectivity index (χ1v) is 6.34. The van der Waals surface area contributed by atoms with E-state index in [1.807, 2.05) is 19.1 Å². The van der Waals surface area contributed by atoms with Crippen molar-refractivity contribution in [3.05, 3.63) is 36.0 Å². The van der Waals surface area contributed by atoms with Crippen LogP contribution < -0.4 is 10.6 Å². The van der Waals surface area contributed by atoms with Crippen LogP contribution in [0.3, 0.4) is 0 Å². The summed E-state index contributed by atoms with van der Waals surface area (Å²) in [6.07, 6.45) is 4.38. The Bertz CT molecular complexity index is 533. The molecule has 3 heterocycles. The standard InChI is InChI=1S/C13H16N6/c1-9-6-12(17-8-16-9)19-5-3-10(7-19)11-2-4-15-13(14)18-11/h2,4,6,8,10H,3,5,7H2,1H3,(H2,14,15,18)/t10-/m1/s1. The molecule has 0 amide bonds.